The Morgan fingerprint density at radius 1 is 1.44 bits per heavy atom. The van der Waals surface area contributed by atoms with Crippen LogP contribution in [0.3, 0.4) is 0 Å². The molecule has 1 aliphatic carbocycles. The molecule has 1 aliphatic rings. The van der Waals surface area contributed by atoms with Crippen LogP contribution in [0.25, 0.3) is 0 Å². The maximum atomic E-state index is 7.14. The van der Waals surface area contributed by atoms with Crippen molar-refractivity contribution in [3.8, 4) is 0 Å². The third-order valence-electron chi connectivity index (χ3n) is 1.02. The highest BCUT2D eigenvalue weighted by atomic mass is 32.1. The lowest BCUT2D eigenvalue weighted by molar-refractivity contribution is 1.41. The molecule has 3 N–H and O–H groups in total. The monoisotopic (exact) mass is 138 g/mol. The fourth-order valence-corrected chi connectivity index (χ4v) is 0.736. The normalized spacial score (nSPS) is 18.0. The Hall–Kier alpha value is -0.960. The second-order valence-corrected chi connectivity index (χ2v) is 2.22. The highest BCUT2D eigenvalue weighted by Crippen LogP contribution is 1.99. The van der Waals surface area contributed by atoms with Gasteiger partial charge >= 0.3 is 0 Å². The Morgan fingerprint density at radius 3 is 2.56 bits per heavy atom. The highest BCUT2D eigenvalue weighted by molar-refractivity contribution is 7.81. The number of hydrogen-bond acceptors (Lipinski definition) is 3. The lowest BCUT2D eigenvalue weighted by Gasteiger charge is -2.02. The first-order valence-electron chi connectivity index (χ1n) is 2.48. The summed E-state index contributed by atoms with van der Waals surface area (Å²) in [5, 5.41) is 7.14. The van der Waals surface area contributed by atoms with Crippen molar-refractivity contribution < 1.29 is 0 Å². The molecule has 0 amide bonds. The van der Waals surface area contributed by atoms with Crippen molar-refractivity contribution in [2.24, 2.45) is 5.73 Å². The van der Waals surface area contributed by atoms with E-state index >= 15 is 0 Å². The molecule has 0 aromatic carbocycles. The van der Waals surface area contributed by atoms with E-state index in [1.165, 1.54) is 0 Å². The van der Waals surface area contributed by atoms with Gasteiger partial charge in [0.1, 0.15) is 0 Å². The first-order chi connectivity index (χ1) is 4.20. The van der Waals surface area contributed by atoms with Gasteiger partial charge in [0.2, 0.25) is 0 Å². The van der Waals surface area contributed by atoms with Gasteiger partial charge in [0, 0.05) is 4.86 Å². The van der Waals surface area contributed by atoms with Gasteiger partial charge in [-0.1, -0.05) is 12.2 Å². The summed E-state index contributed by atoms with van der Waals surface area (Å²) in [5.74, 6) is 0. The summed E-state index contributed by atoms with van der Waals surface area (Å²) in [4.78, 5) is 0.684. The van der Waals surface area contributed by atoms with Crippen molar-refractivity contribution in [2.75, 3.05) is 0 Å². The van der Waals surface area contributed by atoms with Crippen LogP contribution in [0.5, 0.6) is 0 Å². The first kappa shape index (κ1) is 6.16. The predicted molar refractivity (Wildman–Crippen MR) is 41.7 cm³/mol. The Balaban J connectivity index is 2.95. The Morgan fingerprint density at radius 2 is 2.11 bits per heavy atom. The lowest BCUT2D eigenvalue weighted by Crippen LogP contribution is -2.12. The minimum atomic E-state index is 0.337. The number of allylic oxidation sites excluding steroid dienone is 3. The summed E-state index contributed by atoms with van der Waals surface area (Å²) in [7, 11) is 0. The second-order valence-electron chi connectivity index (χ2n) is 1.75. The molecule has 0 aromatic heterocycles. The largest absolute Gasteiger partial charge is 0.397 e. The number of nitrogens with two attached hydrogens (primary N) is 1. The average Bonchev–Trinajstić information content (AvgIpc) is 1.80. The van der Waals surface area contributed by atoms with Gasteiger partial charge in [0.05, 0.1) is 11.4 Å². The number of rotatable bonds is 0. The maximum Gasteiger partial charge on any atom is 0.0770 e. The van der Waals surface area contributed by atoms with Gasteiger partial charge in [-0.3, -0.25) is 5.41 Å². The van der Waals surface area contributed by atoms with E-state index in [-0.39, 0.29) is 0 Å². The molecule has 0 fully saturated rings. The van der Waals surface area contributed by atoms with Crippen LogP contribution in [0.2, 0.25) is 0 Å². The summed E-state index contributed by atoms with van der Waals surface area (Å²) in [6, 6.07) is 0. The van der Waals surface area contributed by atoms with Crippen molar-refractivity contribution in [1.82, 2.24) is 0 Å². The van der Waals surface area contributed by atoms with Gasteiger partial charge in [-0.2, -0.15) is 0 Å². The van der Waals surface area contributed by atoms with E-state index in [1.807, 2.05) is 0 Å². The topological polar surface area (TPSA) is 49.9 Å². The summed E-state index contributed by atoms with van der Waals surface area (Å²) in [5.41, 5.74) is 6.15. The summed E-state index contributed by atoms with van der Waals surface area (Å²) >= 11 is 4.80. The van der Waals surface area contributed by atoms with Crippen molar-refractivity contribution in [3.63, 3.8) is 0 Å². The van der Waals surface area contributed by atoms with Gasteiger partial charge < -0.3 is 5.73 Å². The Bertz CT molecular complexity index is 225. The van der Waals surface area contributed by atoms with E-state index in [2.05, 4.69) is 0 Å². The van der Waals surface area contributed by atoms with Gasteiger partial charge in [0.25, 0.3) is 0 Å². The van der Waals surface area contributed by atoms with Crippen LogP contribution in [0.15, 0.2) is 23.9 Å². The fraction of sp³-hybridized carbons (Fsp3) is 0. The minimum absolute atomic E-state index is 0.337. The van der Waals surface area contributed by atoms with Crippen LogP contribution in [-0.2, 0) is 0 Å². The number of thiocarbonyl (C=S) groups is 1. The van der Waals surface area contributed by atoms with E-state index in [9.17, 15) is 0 Å². The first-order valence-corrected chi connectivity index (χ1v) is 2.89. The third-order valence-corrected chi connectivity index (χ3v) is 1.28. The molecular weight excluding hydrogens is 132 g/mol. The van der Waals surface area contributed by atoms with Crippen molar-refractivity contribution >= 4 is 22.8 Å². The molecule has 0 heterocycles. The van der Waals surface area contributed by atoms with Crippen LogP contribution in [0.4, 0.5) is 0 Å². The van der Waals surface area contributed by atoms with Gasteiger partial charge in [0.15, 0.2) is 0 Å². The molecule has 9 heavy (non-hydrogen) atoms. The number of hydrogen-bond donors (Lipinski definition) is 2. The molecular formula is C6H6N2S. The lowest BCUT2D eigenvalue weighted by atomic mass is 10.1. The molecule has 0 saturated heterocycles. The Kier molecular flexibility index (Phi) is 1.44. The van der Waals surface area contributed by atoms with E-state index in [4.69, 9.17) is 23.4 Å². The van der Waals surface area contributed by atoms with Gasteiger partial charge in [-0.15, -0.1) is 0 Å². The van der Waals surface area contributed by atoms with E-state index in [0.717, 1.165) is 0 Å². The molecule has 3 heteroatoms. The van der Waals surface area contributed by atoms with Crippen molar-refractivity contribution in [2.45, 2.75) is 0 Å². The van der Waals surface area contributed by atoms with Crippen LogP contribution in [-0.4, -0.2) is 10.6 Å². The summed E-state index contributed by atoms with van der Waals surface area (Å²) < 4.78 is 0. The van der Waals surface area contributed by atoms with Crippen molar-refractivity contribution in [3.05, 3.63) is 23.9 Å². The number of nitrogens with one attached hydrogen (secondary N) is 1. The average molecular weight is 138 g/mol. The molecule has 46 valence electrons. The highest BCUT2D eigenvalue weighted by Gasteiger charge is 2.01. The minimum Gasteiger partial charge on any atom is -0.397 e. The quantitative estimate of drug-likeness (QED) is 0.486. The van der Waals surface area contributed by atoms with Crippen molar-refractivity contribution in [1.29, 1.82) is 5.41 Å². The zero-order valence-corrected chi connectivity index (χ0v) is 5.53. The van der Waals surface area contributed by atoms with Crippen LogP contribution in [0, 0.1) is 5.41 Å². The zero-order valence-electron chi connectivity index (χ0n) is 4.72. The molecule has 0 saturated carbocycles. The second kappa shape index (κ2) is 2.11. The molecule has 0 aliphatic heterocycles. The van der Waals surface area contributed by atoms with E-state index in [1.54, 1.807) is 18.2 Å². The molecule has 1 rings (SSSR count). The molecule has 0 aromatic rings. The standard InChI is InChI=1S/C6H6N2S/c7-5-2-1-4(9)3-6(5)8/h1-3,7H,8H2. The summed E-state index contributed by atoms with van der Waals surface area (Å²) in [6.07, 6.45) is 4.89. The molecule has 0 unspecified atom stereocenters. The molecule has 0 radical (unpaired) electrons. The van der Waals surface area contributed by atoms with E-state index < -0.39 is 0 Å². The molecule has 0 spiro atoms. The van der Waals surface area contributed by atoms with Crippen LogP contribution in [0.1, 0.15) is 0 Å². The predicted octanol–water partition coefficient (Wildman–Crippen LogP) is 0.788. The van der Waals surface area contributed by atoms with Gasteiger partial charge in [-0.25, -0.2) is 0 Å². The zero-order chi connectivity index (χ0) is 6.85. The fourth-order valence-electron chi connectivity index (χ4n) is 0.541. The third kappa shape index (κ3) is 1.23. The van der Waals surface area contributed by atoms with Crippen LogP contribution >= 0.6 is 12.2 Å². The SMILES string of the molecule is N=C1C=CC(=S)C=C1N. The molecule has 0 atom stereocenters. The van der Waals surface area contributed by atoms with Crippen LogP contribution < -0.4 is 5.73 Å². The smallest absolute Gasteiger partial charge is 0.0770 e. The molecule has 2 nitrogen and oxygen atoms in total. The van der Waals surface area contributed by atoms with E-state index in [0.29, 0.717) is 16.3 Å². The Labute approximate surface area is 58.6 Å². The van der Waals surface area contributed by atoms with Gasteiger partial charge in [-0.05, 0) is 18.2 Å². The summed E-state index contributed by atoms with van der Waals surface area (Å²) in [6.45, 7) is 0. The molecule has 0 bridgehead atoms. The maximum absolute atomic E-state index is 7.14.